The Balaban J connectivity index is 0.000000253. The van der Waals surface area contributed by atoms with E-state index in [4.69, 9.17) is 17.2 Å². The largest absolute Gasteiger partial charge is 0.446 e. The highest BCUT2D eigenvalue weighted by Gasteiger charge is 2.43. The van der Waals surface area contributed by atoms with E-state index in [1.165, 1.54) is 5.56 Å². The van der Waals surface area contributed by atoms with Crippen molar-refractivity contribution >= 4 is 28.8 Å². The summed E-state index contributed by atoms with van der Waals surface area (Å²) >= 11 is -0.0397. The standard InChI is InChI=1S/C23H31N7O.C16H24F3NS/c1-22(2,3)18-13-15-14-30(21(31)29-19(15)28-18)17-7-5-16(6-8-17)23(9-10-23)27-12-4-11-26-20(24)25;1-11(20)6-5-7-12-8-13(15(2,3)4)10-14(9-12)21-16(17,18)19/h5-8,13-14,27H,4,9-12H2,1-3H3,(H4,24,25,26)(H,28,29,31);8-11H,5-7,20H2,1-4H3/t;11-/m.0/s1. The third kappa shape index (κ3) is 11.9. The zero-order valence-electron chi connectivity index (χ0n) is 31.5. The molecule has 1 aliphatic rings. The van der Waals surface area contributed by atoms with E-state index in [0.717, 1.165) is 73.0 Å². The Hall–Kier alpha value is -3.81. The number of thioether (sulfide) groups is 1. The van der Waals surface area contributed by atoms with Gasteiger partial charge < -0.3 is 27.5 Å². The van der Waals surface area contributed by atoms with Crippen molar-refractivity contribution in [2.75, 3.05) is 13.1 Å². The zero-order chi connectivity index (χ0) is 38.5. The van der Waals surface area contributed by atoms with Gasteiger partial charge in [0.05, 0.1) is 5.69 Å². The van der Waals surface area contributed by atoms with Crippen LogP contribution < -0.4 is 28.2 Å². The van der Waals surface area contributed by atoms with Crippen LogP contribution in [0.3, 0.4) is 0 Å². The lowest BCUT2D eigenvalue weighted by Crippen LogP contribution is -2.30. The summed E-state index contributed by atoms with van der Waals surface area (Å²) in [4.78, 5) is 24.4. The van der Waals surface area contributed by atoms with Gasteiger partial charge in [0, 0.05) is 45.7 Å². The molecular formula is C39H55F3N8OS. The average Bonchev–Trinajstić information content (AvgIpc) is 3.69. The number of nitrogens with two attached hydrogens (primary N) is 3. The minimum absolute atomic E-state index is 0.0198. The van der Waals surface area contributed by atoms with Gasteiger partial charge in [0.2, 0.25) is 0 Å². The molecule has 1 aliphatic carbocycles. The molecule has 2 aromatic heterocycles. The van der Waals surface area contributed by atoms with Gasteiger partial charge in [-0.15, -0.1) is 0 Å². The van der Waals surface area contributed by atoms with E-state index >= 15 is 0 Å². The van der Waals surface area contributed by atoms with Gasteiger partial charge in [0.25, 0.3) is 0 Å². The molecule has 2 aromatic carbocycles. The van der Waals surface area contributed by atoms with Crippen LogP contribution in [0.5, 0.6) is 0 Å². The third-order valence-corrected chi connectivity index (χ3v) is 9.75. The van der Waals surface area contributed by atoms with E-state index < -0.39 is 5.51 Å². The van der Waals surface area contributed by atoms with Crippen molar-refractivity contribution in [3.05, 3.63) is 87.6 Å². The molecule has 2 heterocycles. The lowest BCUT2D eigenvalue weighted by Gasteiger charge is -2.21. The number of rotatable bonds is 12. The number of nitrogens with one attached hydrogen (secondary N) is 2. The second kappa shape index (κ2) is 16.5. The van der Waals surface area contributed by atoms with E-state index in [2.05, 4.69) is 59.2 Å². The number of aromatic amines is 1. The van der Waals surface area contributed by atoms with Gasteiger partial charge in [0.15, 0.2) is 5.96 Å². The summed E-state index contributed by atoms with van der Waals surface area (Å²) in [5, 5.41) is 4.56. The van der Waals surface area contributed by atoms with E-state index in [1.54, 1.807) is 16.7 Å². The third-order valence-electron chi connectivity index (χ3n) is 9.05. The zero-order valence-corrected chi connectivity index (χ0v) is 32.3. The molecule has 284 valence electrons. The summed E-state index contributed by atoms with van der Waals surface area (Å²) in [6.45, 7) is 15.8. The predicted octanol–water partition coefficient (Wildman–Crippen LogP) is 7.52. The summed E-state index contributed by atoms with van der Waals surface area (Å²) in [5.41, 5.74) is 17.3. The second-order valence-electron chi connectivity index (χ2n) is 15.9. The maximum Gasteiger partial charge on any atom is 0.446 e. The molecule has 0 unspecified atom stereocenters. The first-order chi connectivity index (χ1) is 24.1. The number of guanidine groups is 1. The molecule has 1 atom stereocenters. The Morgan fingerprint density at radius 2 is 1.69 bits per heavy atom. The minimum Gasteiger partial charge on any atom is -0.370 e. The Morgan fingerprint density at radius 1 is 1.02 bits per heavy atom. The average molecular weight is 741 g/mol. The summed E-state index contributed by atoms with van der Waals surface area (Å²) in [5.74, 6) is 0.133. The van der Waals surface area contributed by atoms with Gasteiger partial charge in [-0.2, -0.15) is 18.2 Å². The van der Waals surface area contributed by atoms with Crippen molar-refractivity contribution in [3.8, 4) is 5.69 Å². The molecule has 0 saturated heterocycles. The lowest BCUT2D eigenvalue weighted by atomic mass is 9.85. The number of halogens is 3. The van der Waals surface area contributed by atoms with Gasteiger partial charge in [0.1, 0.15) is 5.65 Å². The van der Waals surface area contributed by atoms with Crippen LogP contribution in [0.25, 0.3) is 16.7 Å². The topological polar surface area (TPSA) is 153 Å². The van der Waals surface area contributed by atoms with Crippen molar-refractivity contribution in [2.45, 2.75) is 120 Å². The number of H-pyrrole nitrogens is 1. The number of aryl methyl sites for hydroxylation is 1. The van der Waals surface area contributed by atoms with Crippen LogP contribution >= 0.6 is 11.8 Å². The molecule has 0 spiro atoms. The van der Waals surface area contributed by atoms with Crippen LogP contribution in [0.4, 0.5) is 13.2 Å². The van der Waals surface area contributed by atoms with E-state index in [-0.39, 0.29) is 50.7 Å². The van der Waals surface area contributed by atoms with Gasteiger partial charge in [-0.3, -0.25) is 9.56 Å². The highest BCUT2D eigenvalue weighted by molar-refractivity contribution is 8.00. The molecule has 0 aliphatic heterocycles. The van der Waals surface area contributed by atoms with Gasteiger partial charge in [-0.1, -0.05) is 59.7 Å². The van der Waals surface area contributed by atoms with Gasteiger partial charge >= 0.3 is 11.2 Å². The van der Waals surface area contributed by atoms with E-state index in [0.29, 0.717) is 12.2 Å². The van der Waals surface area contributed by atoms with Gasteiger partial charge in [-0.25, -0.2) is 4.79 Å². The molecule has 0 bridgehead atoms. The molecule has 0 radical (unpaired) electrons. The van der Waals surface area contributed by atoms with Gasteiger partial charge in [-0.05, 0) is 116 Å². The fourth-order valence-electron chi connectivity index (χ4n) is 5.89. The summed E-state index contributed by atoms with van der Waals surface area (Å²) < 4.78 is 39.4. The molecule has 52 heavy (non-hydrogen) atoms. The molecule has 13 heteroatoms. The normalized spacial score (nSPS) is 14.8. The van der Waals surface area contributed by atoms with E-state index in [1.807, 2.05) is 52.1 Å². The van der Waals surface area contributed by atoms with Crippen LogP contribution in [-0.2, 0) is 22.8 Å². The van der Waals surface area contributed by atoms with Crippen molar-refractivity contribution in [2.24, 2.45) is 22.2 Å². The fourth-order valence-corrected chi connectivity index (χ4v) is 6.55. The Kier molecular flexibility index (Phi) is 13.0. The summed E-state index contributed by atoms with van der Waals surface area (Å²) in [6, 6.07) is 15.7. The quantitative estimate of drug-likeness (QED) is 0.0436. The monoisotopic (exact) mass is 740 g/mol. The summed E-state index contributed by atoms with van der Waals surface area (Å²) in [6.07, 6.45) is 7.47. The lowest BCUT2D eigenvalue weighted by molar-refractivity contribution is -0.0328. The first-order valence-corrected chi connectivity index (χ1v) is 18.7. The number of hydrogen-bond acceptors (Lipinski definition) is 6. The number of nitrogens with zero attached hydrogens (tertiary/aromatic N) is 3. The molecule has 8 N–H and O–H groups in total. The Labute approximate surface area is 309 Å². The molecule has 4 aromatic rings. The molecule has 1 saturated carbocycles. The number of aliphatic imine (C=N–C) groups is 1. The number of benzene rings is 2. The minimum atomic E-state index is -4.25. The van der Waals surface area contributed by atoms with Crippen LogP contribution in [0.2, 0.25) is 0 Å². The molecule has 9 nitrogen and oxygen atoms in total. The molecule has 0 amide bonds. The van der Waals surface area contributed by atoms with Crippen molar-refractivity contribution in [1.82, 2.24) is 19.9 Å². The van der Waals surface area contributed by atoms with Crippen molar-refractivity contribution < 1.29 is 13.2 Å². The maximum absolute atomic E-state index is 12.6. The second-order valence-corrected chi connectivity index (χ2v) is 17.0. The molecular weight excluding hydrogens is 686 g/mol. The van der Waals surface area contributed by atoms with Crippen molar-refractivity contribution in [3.63, 3.8) is 0 Å². The maximum atomic E-state index is 12.6. The summed E-state index contributed by atoms with van der Waals surface area (Å²) in [7, 11) is 0. The fraction of sp³-hybridized carbons (Fsp3) is 0.513. The van der Waals surface area contributed by atoms with Crippen LogP contribution in [0, 0.1) is 0 Å². The van der Waals surface area contributed by atoms with Crippen LogP contribution in [0.1, 0.15) is 103 Å². The SMILES string of the molecule is CC(C)(C)c1cc2cn(-c3ccc(C4(NCCCN=C(N)N)CC4)cc3)c(=O)nc2[nH]1.C[C@H](N)CCCc1cc(SC(F)(F)F)cc(C(C)(C)C)c1. The first-order valence-electron chi connectivity index (χ1n) is 17.9. The van der Waals surface area contributed by atoms with E-state index in [9.17, 15) is 18.0 Å². The Bertz CT molecular complexity index is 1880. The van der Waals surface area contributed by atoms with Crippen molar-refractivity contribution in [1.29, 1.82) is 0 Å². The number of fused-ring (bicyclic) bond motifs is 1. The van der Waals surface area contributed by atoms with Crippen LogP contribution in [0.15, 0.2) is 69.4 Å². The highest BCUT2D eigenvalue weighted by Crippen LogP contribution is 2.45. The smallest absolute Gasteiger partial charge is 0.370 e. The number of alkyl halides is 3. The predicted molar refractivity (Wildman–Crippen MR) is 208 cm³/mol. The first kappa shape index (κ1) is 41.0. The molecule has 5 rings (SSSR count). The molecule has 1 fully saturated rings. The number of aromatic nitrogens is 3. The Morgan fingerprint density at radius 3 is 2.25 bits per heavy atom. The highest BCUT2D eigenvalue weighted by atomic mass is 32.2. The van der Waals surface area contributed by atoms with Crippen LogP contribution in [-0.4, -0.2) is 45.1 Å². The number of hydrogen-bond donors (Lipinski definition) is 5.